The fourth-order valence-corrected chi connectivity index (χ4v) is 2.11. The van der Waals surface area contributed by atoms with E-state index >= 15 is 0 Å². The second kappa shape index (κ2) is 5.32. The van der Waals surface area contributed by atoms with Gasteiger partial charge in [0.1, 0.15) is 0 Å². The first-order valence-corrected chi connectivity index (χ1v) is 6.30. The average Bonchev–Trinajstić information content (AvgIpc) is 3.08. The number of carbonyl (C=O) groups is 1. The van der Waals surface area contributed by atoms with Crippen LogP contribution < -0.4 is 11.1 Å². The van der Waals surface area contributed by atoms with Crippen LogP contribution in [0.25, 0.3) is 0 Å². The average molecular weight is 232 g/mol. The number of carbonyl (C=O) groups excluding carboxylic acids is 1. The minimum atomic E-state index is 0.131. The molecule has 2 atom stereocenters. The van der Waals surface area contributed by atoms with Crippen LogP contribution >= 0.6 is 0 Å². The molecule has 1 aromatic carbocycles. The van der Waals surface area contributed by atoms with E-state index in [2.05, 4.69) is 12.2 Å². The number of nitrogens with two attached hydrogens (primary N) is 1. The maximum Gasteiger partial charge on any atom is 0.224 e. The van der Waals surface area contributed by atoms with Crippen LogP contribution in [0.4, 0.5) is 0 Å². The molecular weight excluding hydrogens is 212 g/mol. The maximum atomic E-state index is 11.7. The highest BCUT2D eigenvalue weighted by Crippen LogP contribution is 2.33. The van der Waals surface area contributed by atoms with Gasteiger partial charge in [-0.3, -0.25) is 4.79 Å². The molecule has 1 aliphatic carbocycles. The summed E-state index contributed by atoms with van der Waals surface area (Å²) in [6, 6.07) is 8.34. The van der Waals surface area contributed by atoms with Crippen molar-refractivity contribution < 1.29 is 4.79 Å². The Hall–Kier alpha value is -1.35. The number of rotatable bonds is 5. The Kier molecular flexibility index (Phi) is 3.79. The SMILES string of the molecule is CCC1CC1NC(=O)Cc1ccc(CN)cc1. The molecule has 3 nitrogen and oxygen atoms in total. The van der Waals surface area contributed by atoms with Crippen LogP contribution in [0.3, 0.4) is 0 Å². The van der Waals surface area contributed by atoms with Crippen LogP contribution in [-0.4, -0.2) is 11.9 Å². The van der Waals surface area contributed by atoms with Crippen molar-refractivity contribution in [2.75, 3.05) is 0 Å². The van der Waals surface area contributed by atoms with Crippen LogP contribution in [0, 0.1) is 5.92 Å². The Morgan fingerprint density at radius 3 is 2.53 bits per heavy atom. The third-order valence-corrected chi connectivity index (χ3v) is 3.42. The van der Waals surface area contributed by atoms with Gasteiger partial charge in [0.05, 0.1) is 6.42 Å². The molecule has 0 aromatic heterocycles. The summed E-state index contributed by atoms with van der Waals surface area (Å²) in [6.07, 6.45) is 2.78. The molecule has 0 heterocycles. The van der Waals surface area contributed by atoms with Crippen molar-refractivity contribution in [2.24, 2.45) is 11.7 Å². The molecule has 0 radical (unpaired) electrons. The van der Waals surface area contributed by atoms with Crippen LogP contribution in [0.2, 0.25) is 0 Å². The first-order valence-electron chi connectivity index (χ1n) is 6.30. The van der Waals surface area contributed by atoms with Gasteiger partial charge in [-0.1, -0.05) is 37.6 Å². The molecule has 0 aliphatic heterocycles. The van der Waals surface area contributed by atoms with Crippen LogP contribution in [-0.2, 0) is 17.8 Å². The Balaban J connectivity index is 1.81. The van der Waals surface area contributed by atoms with Gasteiger partial charge in [0.15, 0.2) is 0 Å². The smallest absolute Gasteiger partial charge is 0.224 e. The molecule has 1 amide bonds. The summed E-state index contributed by atoms with van der Waals surface area (Å²) in [6.45, 7) is 2.72. The van der Waals surface area contributed by atoms with Gasteiger partial charge in [0.25, 0.3) is 0 Å². The molecule has 17 heavy (non-hydrogen) atoms. The van der Waals surface area contributed by atoms with E-state index < -0.39 is 0 Å². The van der Waals surface area contributed by atoms with E-state index in [0.717, 1.165) is 24.0 Å². The molecule has 1 fully saturated rings. The normalized spacial score (nSPS) is 22.2. The van der Waals surface area contributed by atoms with Crippen molar-refractivity contribution in [3.8, 4) is 0 Å². The van der Waals surface area contributed by atoms with Crippen LogP contribution in [0.15, 0.2) is 24.3 Å². The number of hydrogen-bond acceptors (Lipinski definition) is 2. The molecule has 0 bridgehead atoms. The highest BCUT2D eigenvalue weighted by atomic mass is 16.1. The summed E-state index contributed by atoms with van der Waals surface area (Å²) in [5, 5.41) is 3.07. The zero-order valence-corrected chi connectivity index (χ0v) is 10.3. The minimum absolute atomic E-state index is 0.131. The van der Waals surface area contributed by atoms with Crippen LogP contribution in [0.1, 0.15) is 30.9 Å². The molecule has 3 N–H and O–H groups in total. The first kappa shape index (κ1) is 12.1. The summed E-state index contributed by atoms with van der Waals surface area (Å²) in [5.41, 5.74) is 7.68. The van der Waals surface area contributed by atoms with Gasteiger partial charge < -0.3 is 11.1 Å². The third kappa shape index (κ3) is 3.30. The Bertz CT molecular complexity index is 386. The summed E-state index contributed by atoms with van der Waals surface area (Å²) < 4.78 is 0. The van der Waals surface area contributed by atoms with Gasteiger partial charge >= 0.3 is 0 Å². The number of nitrogens with one attached hydrogen (secondary N) is 1. The Morgan fingerprint density at radius 1 is 1.35 bits per heavy atom. The fraction of sp³-hybridized carbons (Fsp3) is 0.500. The molecular formula is C14H20N2O. The molecule has 2 unspecified atom stereocenters. The van der Waals surface area contributed by atoms with Gasteiger partial charge in [-0.25, -0.2) is 0 Å². The van der Waals surface area contributed by atoms with E-state index in [0.29, 0.717) is 24.9 Å². The summed E-state index contributed by atoms with van der Waals surface area (Å²) in [7, 11) is 0. The van der Waals surface area contributed by atoms with E-state index in [1.54, 1.807) is 0 Å². The molecule has 1 saturated carbocycles. The fourth-order valence-electron chi connectivity index (χ4n) is 2.11. The summed E-state index contributed by atoms with van der Waals surface area (Å²) in [4.78, 5) is 11.7. The molecule has 3 heteroatoms. The largest absolute Gasteiger partial charge is 0.353 e. The third-order valence-electron chi connectivity index (χ3n) is 3.42. The van der Waals surface area contributed by atoms with E-state index in [1.165, 1.54) is 0 Å². The van der Waals surface area contributed by atoms with E-state index in [9.17, 15) is 4.79 Å². The highest BCUT2D eigenvalue weighted by molar-refractivity contribution is 5.79. The predicted octanol–water partition coefficient (Wildman–Crippen LogP) is 1.60. The van der Waals surface area contributed by atoms with Gasteiger partial charge in [0.2, 0.25) is 5.91 Å². The van der Waals surface area contributed by atoms with Crippen molar-refractivity contribution in [2.45, 2.75) is 38.8 Å². The second-order valence-corrected chi connectivity index (χ2v) is 4.78. The van der Waals surface area contributed by atoms with Gasteiger partial charge in [0, 0.05) is 12.6 Å². The van der Waals surface area contributed by atoms with E-state index in [-0.39, 0.29) is 5.91 Å². The van der Waals surface area contributed by atoms with Crippen LogP contribution in [0.5, 0.6) is 0 Å². The molecule has 1 aliphatic rings. The summed E-state index contributed by atoms with van der Waals surface area (Å²) >= 11 is 0. The van der Waals surface area contributed by atoms with Gasteiger partial charge in [-0.05, 0) is 23.5 Å². The molecule has 0 saturated heterocycles. The molecule has 1 aromatic rings. The van der Waals surface area contributed by atoms with Crippen molar-refractivity contribution in [3.63, 3.8) is 0 Å². The standard InChI is InChI=1S/C14H20N2O/c1-2-12-8-13(12)16-14(17)7-10-3-5-11(9-15)6-4-10/h3-6,12-13H,2,7-9,15H2,1H3,(H,16,17). The van der Waals surface area contributed by atoms with E-state index in [4.69, 9.17) is 5.73 Å². The molecule has 2 rings (SSSR count). The Morgan fingerprint density at radius 2 is 2.00 bits per heavy atom. The van der Waals surface area contributed by atoms with Crippen molar-refractivity contribution in [1.82, 2.24) is 5.32 Å². The topological polar surface area (TPSA) is 55.1 Å². The zero-order chi connectivity index (χ0) is 12.3. The first-order chi connectivity index (χ1) is 8.22. The summed E-state index contributed by atoms with van der Waals surface area (Å²) in [5.74, 6) is 0.838. The van der Waals surface area contributed by atoms with Gasteiger partial charge in [-0.15, -0.1) is 0 Å². The lowest BCUT2D eigenvalue weighted by Gasteiger charge is -2.05. The lowest BCUT2D eigenvalue weighted by molar-refractivity contribution is -0.120. The highest BCUT2D eigenvalue weighted by Gasteiger charge is 2.36. The molecule has 0 spiro atoms. The van der Waals surface area contributed by atoms with Crippen molar-refractivity contribution in [3.05, 3.63) is 35.4 Å². The monoisotopic (exact) mass is 232 g/mol. The van der Waals surface area contributed by atoms with E-state index in [1.807, 2.05) is 24.3 Å². The predicted molar refractivity (Wildman–Crippen MR) is 68.4 cm³/mol. The lowest BCUT2D eigenvalue weighted by atomic mass is 10.1. The van der Waals surface area contributed by atoms with Gasteiger partial charge in [-0.2, -0.15) is 0 Å². The van der Waals surface area contributed by atoms with Crippen molar-refractivity contribution in [1.29, 1.82) is 0 Å². The lowest BCUT2D eigenvalue weighted by Crippen LogP contribution is -2.28. The number of hydrogen-bond donors (Lipinski definition) is 2. The minimum Gasteiger partial charge on any atom is -0.353 e. The number of benzene rings is 1. The molecule has 92 valence electrons. The second-order valence-electron chi connectivity index (χ2n) is 4.78. The number of amides is 1. The zero-order valence-electron chi connectivity index (χ0n) is 10.3. The Labute approximate surface area is 102 Å². The maximum absolute atomic E-state index is 11.7. The quantitative estimate of drug-likeness (QED) is 0.810. The van der Waals surface area contributed by atoms with Crippen molar-refractivity contribution >= 4 is 5.91 Å².